The molecule has 0 aliphatic heterocycles. The first-order valence-corrected chi connectivity index (χ1v) is 13.9. The lowest BCUT2D eigenvalue weighted by molar-refractivity contribution is -0.137. The fraction of sp³-hybridized carbons (Fsp3) is 0.231. The molecule has 13 heteroatoms. The van der Waals surface area contributed by atoms with Crippen LogP contribution in [-0.2, 0) is 26.7 Å². The second-order valence-corrected chi connectivity index (χ2v) is 12.2. The molecule has 2 aromatic carbocycles. The van der Waals surface area contributed by atoms with Gasteiger partial charge in [0.1, 0.15) is 22.4 Å². The Kier molecular flexibility index (Phi) is 7.75. The van der Waals surface area contributed by atoms with Crippen molar-refractivity contribution in [2.45, 2.75) is 43.9 Å². The normalized spacial score (nSPS) is 11.9. The molecule has 0 saturated heterocycles. The third-order valence-electron chi connectivity index (χ3n) is 5.45. The number of halogens is 3. The van der Waals surface area contributed by atoms with E-state index in [0.29, 0.717) is 27.7 Å². The summed E-state index contributed by atoms with van der Waals surface area (Å²) in [5.41, 5.74) is -0.398. The molecule has 39 heavy (non-hydrogen) atoms. The van der Waals surface area contributed by atoms with E-state index in [4.69, 9.17) is 5.11 Å². The number of aromatic nitrogens is 3. The van der Waals surface area contributed by atoms with Crippen molar-refractivity contribution < 1.29 is 31.5 Å². The Hall–Kier alpha value is -3.84. The van der Waals surface area contributed by atoms with Crippen molar-refractivity contribution in [2.24, 2.45) is 0 Å². The molecular weight excluding hydrogens is 553 g/mol. The highest BCUT2D eigenvalue weighted by Gasteiger charge is 2.27. The second-order valence-electron chi connectivity index (χ2n) is 9.55. The standard InChI is InChI=1S/C26H23F3N4O4S2/c1-26(2,3)25-32-23(24(38-25)18-11-12-30-20(31-18)9-10-21(34)35)15-5-4-6-17(22(15)29)33-39(36,37)19-13-14(27)7-8-16(19)28/h4-8,11-13,33H,9-10H2,1-3H3,(H,34,35). The molecule has 4 rings (SSSR count). The lowest BCUT2D eigenvalue weighted by atomic mass is 9.98. The summed E-state index contributed by atoms with van der Waals surface area (Å²) >= 11 is 1.26. The fourth-order valence-corrected chi connectivity index (χ4v) is 5.79. The van der Waals surface area contributed by atoms with E-state index in [1.807, 2.05) is 25.5 Å². The Balaban J connectivity index is 1.81. The average molecular weight is 577 g/mol. The number of hydrogen-bond acceptors (Lipinski definition) is 7. The number of carboxylic acids is 1. The van der Waals surface area contributed by atoms with E-state index in [1.54, 1.807) is 6.07 Å². The van der Waals surface area contributed by atoms with Crippen LogP contribution in [0.25, 0.3) is 21.8 Å². The third-order valence-corrected chi connectivity index (χ3v) is 8.33. The monoisotopic (exact) mass is 576 g/mol. The molecule has 0 unspecified atom stereocenters. The van der Waals surface area contributed by atoms with E-state index in [0.717, 1.165) is 12.1 Å². The number of thiazole rings is 1. The Morgan fingerprint density at radius 1 is 1.08 bits per heavy atom. The molecule has 0 atom stereocenters. The summed E-state index contributed by atoms with van der Waals surface area (Å²) in [6.45, 7) is 5.77. The number of aryl methyl sites for hydroxylation is 1. The average Bonchev–Trinajstić information content (AvgIpc) is 3.31. The van der Waals surface area contributed by atoms with Crippen molar-refractivity contribution in [3.8, 4) is 21.8 Å². The van der Waals surface area contributed by atoms with Gasteiger partial charge in [0, 0.05) is 23.6 Å². The SMILES string of the molecule is CC(C)(C)c1nc(-c2cccc(NS(=O)(=O)c3cc(F)ccc3F)c2F)c(-c2ccnc(CCC(=O)O)n2)s1. The molecule has 0 spiro atoms. The molecule has 8 nitrogen and oxygen atoms in total. The van der Waals surface area contributed by atoms with Crippen LogP contribution in [0.1, 0.15) is 38.0 Å². The van der Waals surface area contributed by atoms with Crippen LogP contribution in [0.15, 0.2) is 53.6 Å². The van der Waals surface area contributed by atoms with Gasteiger partial charge in [-0.1, -0.05) is 26.8 Å². The lowest BCUT2D eigenvalue weighted by Gasteiger charge is -2.14. The van der Waals surface area contributed by atoms with Crippen molar-refractivity contribution in [3.05, 3.63) is 76.9 Å². The molecule has 204 valence electrons. The molecule has 4 aromatic rings. The maximum atomic E-state index is 15.8. The minimum absolute atomic E-state index is 0.0534. The van der Waals surface area contributed by atoms with Crippen LogP contribution in [-0.4, -0.2) is 34.4 Å². The molecule has 0 aliphatic rings. The quantitative estimate of drug-likeness (QED) is 0.272. The van der Waals surface area contributed by atoms with Gasteiger partial charge in [-0.25, -0.2) is 36.5 Å². The zero-order chi connectivity index (χ0) is 28.5. The van der Waals surface area contributed by atoms with E-state index < -0.39 is 49.4 Å². The number of rotatable bonds is 8. The molecule has 0 amide bonds. The molecule has 2 aromatic heterocycles. The van der Waals surface area contributed by atoms with Gasteiger partial charge < -0.3 is 5.11 Å². The third kappa shape index (κ3) is 6.25. The summed E-state index contributed by atoms with van der Waals surface area (Å²) in [4.78, 5) is 23.7. The molecule has 0 bridgehead atoms. The van der Waals surface area contributed by atoms with Crippen molar-refractivity contribution >= 4 is 33.0 Å². The first-order valence-electron chi connectivity index (χ1n) is 11.6. The van der Waals surface area contributed by atoms with E-state index in [2.05, 4.69) is 15.0 Å². The van der Waals surface area contributed by atoms with Gasteiger partial charge in [-0.05, 0) is 36.4 Å². The predicted molar refractivity (Wildman–Crippen MR) is 140 cm³/mol. The van der Waals surface area contributed by atoms with Crippen LogP contribution < -0.4 is 4.72 Å². The zero-order valence-electron chi connectivity index (χ0n) is 21.0. The Labute approximate surface area is 226 Å². The van der Waals surface area contributed by atoms with Crippen LogP contribution in [0.2, 0.25) is 0 Å². The molecular formula is C26H23F3N4O4S2. The fourth-order valence-electron chi connectivity index (χ4n) is 3.54. The van der Waals surface area contributed by atoms with Crippen LogP contribution in [0.5, 0.6) is 0 Å². The molecule has 0 radical (unpaired) electrons. The summed E-state index contributed by atoms with van der Waals surface area (Å²) in [5, 5.41) is 9.64. The van der Waals surface area contributed by atoms with Gasteiger partial charge in [0.15, 0.2) is 5.82 Å². The second kappa shape index (κ2) is 10.7. The van der Waals surface area contributed by atoms with E-state index in [-0.39, 0.29) is 29.9 Å². The number of aliphatic carboxylic acids is 1. The van der Waals surface area contributed by atoms with Gasteiger partial charge in [0.25, 0.3) is 10.0 Å². The summed E-state index contributed by atoms with van der Waals surface area (Å²) in [6, 6.07) is 7.49. The Morgan fingerprint density at radius 2 is 1.82 bits per heavy atom. The minimum atomic E-state index is -4.68. The number of carbonyl (C=O) groups is 1. The van der Waals surface area contributed by atoms with Crippen LogP contribution in [0.4, 0.5) is 18.9 Å². The van der Waals surface area contributed by atoms with E-state index >= 15 is 4.39 Å². The first kappa shape index (κ1) is 28.2. The zero-order valence-corrected chi connectivity index (χ0v) is 22.6. The van der Waals surface area contributed by atoms with Crippen LogP contribution >= 0.6 is 11.3 Å². The van der Waals surface area contributed by atoms with Crippen LogP contribution in [0.3, 0.4) is 0 Å². The van der Waals surface area contributed by atoms with Gasteiger partial charge in [-0.15, -0.1) is 11.3 Å². The summed E-state index contributed by atoms with van der Waals surface area (Å²) in [6.07, 6.45) is 1.38. The maximum absolute atomic E-state index is 15.8. The maximum Gasteiger partial charge on any atom is 0.303 e. The summed E-state index contributed by atoms with van der Waals surface area (Å²) < 4.78 is 71.2. The van der Waals surface area contributed by atoms with Crippen molar-refractivity contribution in [3.63, 3.8) is 0 Å². The van der Waals surface area contributed by atoms with Gasteiger partial charge in [0.05, 0.1) is 33.4 Å². The summed E-state index contributed by atoms with van der Waals surface area (Å²) in [7, 11) is -4.68. The molecule has 0 aliphatic carbocycles. The summed E-state index contributed by atoms with van der Waals surface area (Å²) in [5.74, 6) is -3.87. The molecule has 2 heterocycles. The topological polar surface area (TPSA) is 122 Å². The van der Waals surface area contributed by atoms with Gasteiger partial charge in [-0.3, -0.25) is 9.52 Å². The largest absolute Gasteiger partial charge is 0.481 e. The lowest BCUT2D eigenvalue weighted by Crippen LogP contribution is -2.16. The van der Waals surface area contributed by atoms with Gasteiger partial charge >= 0.3 is 5.97 Å². The predicted octanol–water partition coefficient (Wildman–Crippen LogP) is 5.80. The van der Waals surface area contributed by atoms with Gasteiger partial charge in [0.2, 0.25) is 0 Å². The highest BCUT2D eigenvalue weighted by Crippen LogP contribution is 2.42. The van der Waals surface area contributed by atoms with E-state index in [1.165, 1.54) is 29.7 Å². The van der Waals surface area contributed by atoms with Gasteiger partial charge in [-0.2, -0.15) is 0 Å². The highest BCUT2D eigenvalue weighted by atomic mass is 32.2. The Bertz CT molecular complexity index is 1670. The minimum Gasteiger partial charge on any atom is -0.481 e. The van der Waals surface area contributed by atoms with Crippen molar-refractivity contribution in [1.29, 1.82) is 0 Å². The number of nitrogens with zero attached hydrogens (tertiary/aromatic N) is 3. The molecule has 2 N–H and O–H groups in total. The van der Waals surface area contributed by atoms with E-state index in [9.17, 15) is 22.0 Å². The number of benzene rings is 2. The number of carboxylic acid groups (broad SMARTS) is 1. The van der Waals surface area contributed by atoms with Crippen molar-refractivity contribution in [2.75, 3.05) is 4.72 Å². The molecule has 0 saturated carbocycles. The first-order chi connectivity index (χ1) is 18.3. The smallest absolute Gasteiger partial charge is 0.303 e. The molecule has 0 fully saturated rings. The highest BCUT2D eigenvalue weighted by molar-refractivity contribution is 7.92. The Morgan fingerprint density at radius 3 is 2.51 bits per heavy atom. The number of anilines is 1. The number of nitrogens with one attached hydrogen (secondary N) is 1. The number of hydrogen-bond donors (Lipinski definition) is 2. The van der Waals surface area contributed by atoms with Crippen molar-refractivity contribution in [1.82, 2.24) is 15.0 Å². The number of sulfonamides is 1. The van der Waals surface area contributed by atoms with Crippen LogP contribution in [0, 0.1) is 17.5 Å².